The van der Waals surface area contributed by atoms with E-state index >= 15 is 0 Å². The lowest BCUT2D eigenvalue weighted by Gasteiger charge is -2.12. The predicted molar refractivity (Wildman–Crippen MR) is 67.0 cm³/mol. The molecule has 0 unspecified atom stereocenters. The number of carboxylic acids is 2. The molecule has 1 aromatic carbocycles. The van der Waals surface area contributed by atoms with Crippen molar-refractivity contribution in [2.24, 2.45) is 0 Å². The Kier molecular flexibility index (Phi) is 5.05. The Labute approximate surface area is 110 Å². The van der Waals surface area contributed by atoms with E-state index in [1.807, 2.05) is 13.0 Å². The van der Waals surface area contributed by atoms with Gasteiger partial charge >= 0.3 is 11.9 Å². The third-order valence-corrected chi connectivity index (χ3v) is 2.58. The molecule has 19 heavy (non-hydrogen) atoms. The number of carbonyl (C=O) groups excluding carboxylic acids is 1. The van der Waals surface area contributed by atoms with Crippen molar-refractivity contribution in [3.05, 3.63) is 35.4 Å². The molecule has 0 saturated carbocycles. The van der Waals surface area contributed by atoms with Gasteiger partial charge in [0.15, 0.2) is 0 Å². The van der Waals surface area contributed by atoms with Crippen LogP contribution < -0.4 is 5.32 Å². The monoisotopic (exact) mass is 265 g/mol. The van der Waals surface area contributed by atoms with Gasteiger partial charge in [-0.1, -0.05) is 19.1 Å². The van der Waals surface area contributed by atoms with Crippen molar-refractivity contribution in [2.45, 2.75) is 25.8 Å². The maximum absolute atomic E-state index is 11.8. The lowest BCUT2D eigenvalue weighted by atomic mass is 10.1. The van der Waals surface area contributed by atoms with E-state index in [1.165, 1.54) is 0 Å². The Balaban J connectivity index is 2.81. The Bertz CT molecular complexity index is 498. The van der Waals surface area contributed by atoms with E-state index in [0.29, 0.717) is 5.56 Å². The second kappa shape index (κ2) is 6.53. The number of carbonyl (C=O) groups is 3. The molecule has 0 radical (unpaired) electrons. The number of nitrogens with one attached hydrogen (secondary N) is 1. The first-order valence-electron chi connectivity index (χ1n) is 5.78. The largest absolute Gasteiger partial charge is 0.481 e. The van der Waals surface area contributed by atoms with Crippen molar-refractivity contribution in [3.63, 3.8) is 0 Å². The zero-order valence-electron chi connectivity index (χ0n) is 10.4. The highest BCUT2D eigenvalue weighted by atomic mass is 16.4. The van der Waals surface area contributed by atoms with Crippen LogP contribution in [0.4, 0.5) is 0 Å². The Morgan fingerprint density at radius 2 is 1.95 bits per heavy atom. The SMILES string of the molecule is CCc1cccc(C(=O)N[C@H](CC(=O)O)C(=O)O)c1. The minimum absolute atomic E-state index is 0.316. The first-order chi connectivity index (χ1) is 8.93. The summed E-state index contributed by atoms with van der Waals surface area (Å²) in [7, 11) is 0. The summed E-state index contributed by atoms with van der Waals surface area (Å²) in [6.07, 6.45) is 0.0904. The van der Waals surface area contributed by atoms with Crippen LogP contribution >= 0.6 is 0 Å². The van der Waals surface area contributed by atoms with E-state index in [-0.39, 0.29) is 0 Å². The molecule has 0 fully saturated rings. The molecule has 3 N–H and O–H groups in total. The molecule has 102 valence electrons. The van der Waals surface area contributed by atoms with Gasteiger partial charge in [0.05, 0.1) is 6.42 Å². The number of carboxylic acid groups (broad SMARTS) is 2. The number of aryl methyl sites for hydroxylation is 1. The van der Waals surface area contributed by atoms with Crippen molar-refractivity contribution in [1.29, 1.82) is 0 Å². The standard InChI is InChI=1S/C13H15NO5/c1-2-8-4-3-5-9(6-8)12(17)14-10(13(18)19)7-11(15)16/h3-6,10H,2,7H2,1H3,(H,14,17)(H,15,16)(H,18,19)/t10-/m1/s1. The molecule has 1 amide bonds. The van der Waals surface area contributed by atoms with E-state index in [2.05, 4.69) is 5.32 Å². The second-order valence-electron chi connectivity index (χ2n) is 4.02. The highest BCUT2D eigenvalue weighted by Gasteiger charge is 2.23. The average molecular weight is 265 g/mol. The van der Waals surface area contributed by atoms with Gasteiger partial charge in [0.2, 0.25) is 0 Å². The van der Waals surface area contributed by atoms with E-state index < -0.39 is 30.3 Å². The Morgan fingerprint density at radius 3 is 2.47 bits per heavy atom. The third kappa shape index (κ3) is 4.42. The molecule has 1 rings (SSSR count). The zero-order valence-corrected chi connectivity index (χ0v) is 10.4. The average Bonchev–Trinajstić information content (AvgIpc) is 2.37. The van der Waals surface area contributed by atoms with Gasteiger partial charge in [0.1, 0.15) is 6.04 Å². The topological polar surface area (TPSA) is 104 Å². The summed E-state index contributed by atoms with van der Waals surface area (Å²) >= 11 is 0. The molecule has 0 heterocycles. The van der Waals surface area contributed by atoms with Crippen molar-refractivity contribution in [3.8, 4) is 0 Å². The maximum Gasteiger partial charge on any atom is 0.326 e. The molecule has 0 bridgehead atoms. The summed E-state index contributed by atoms with van der Waals surface area (Å²) < 4.78 is 0. The Morgan fingerprint density at radius 1 is 1.26 bits per heavy atom. The molecule has 6 nitrogen and oxygen atoms in total. The summed E-state index contributed by atoms with van der Waals surface area (Å²) in [6, 6.07) is 5.31. The minimum atomic E-state index is -1.43. The van der Waals surface area contributed by atoms with Crippen LogP contribution in [0.3, 0.4) is 0 Å². The van der Waals surface area contributed by atoms with Crippen LogP contribution in [0.15, 0.2) is 24.3 Å². The van der Waals surface area contributed by atoms with Crippen LogP contribution in [0, 0.1) is 0 Å². The summed E-state index contributed by atoms with van der Waals surface area (Å²) in [5.41, 5.74) is 1.26. The second-order valence-corrected chi connectivity index (χ2v) is 4.02. The number of rotatable bonds is 6. The van der Waals surface area contributed by atoms with Crippen LogP contribution in [-0.4, -0.2) is 34.1 Å². The molecular weight excluding hydrogens is 250 g/mol. The van der Waals surface area contributed by atoms with Gasteiger partial charge in [-0.25, -0.2) is 4.79 Å². The maximum atomic E-state index is 11.8. The van der Waals surface area contributed by atoms with Gasteiger partial charge < -0.3 is 15.5 Å². The summed E-state index contributed by atoms with van der Waals surface area (Å²) in [4.78, 5) is 33.2. The molecule has 6 heteroatoms. The highest BCUT2D eigenvalue weighted by molar-refractivity contribution is 5.97. The highest BCUT2D eigenvalue weighted by Crippen LogP contribution is 2.06. The summed E-state index contributed by atoms with van der Waals surface area (Å²) in [5, 5.41) is 19.6. The number of hydrogen-bond acceptors (Lipinski definition) is 3. The van der Waals surface area contributed by atoms with E-state index in [0.717, 1.165) is 12.0 Å². The van der Waals surface area contributed by atoms with E-state index in [9.17, 15) is 14.4 Å². The van der Waals surface area contributed by atoms with Crippen LogP contribution in [0.1, 0.15) is 29.3 Å². The number of hydrogen-bond donors (Lipinski definition) is 3. The molecule has 0 spiro atoms. The van der Waals surface area contributed by atoms with Crippen LogP contribution in [0.2, 0.25) is 0 Å². The lowest BCUT2D eigenvalue weighted by Crippen LogP contribution is -2.42. The Hall–Kier alpha value is -2.37. The predicted octanol–water partition coefficient (Wildman–Crippen LogP) is 0.907. The van der Waals surface area contributed by atoms with Crippen LogP contribution in [-0.2, 0) is 16.0 Å². The van der Waals surface area contributed by atoms with Gasteiger partial charge in [-0.15, -0.1) is 0 Å². The molecule has 1 atom stereocenters. The van der Waals surface area contributed by atoms with Gasteiger partial charge in [0, 0.05) is 5.56 Å². The van der Waals surface area contributed by atoms with Crippen LogP contribution in [0.5, 0.6) is 0 Å². The fraction of sp³-hybridized carbons (Fsp3) is 0.308. The normalized spacial score (nSPS) is 11.6. The molecule has 0 aromatic heterocycles. The number of benzene rings is 1. The summed E-state index contributed by atoms with van der Waals surface area (Å²) in [5.74, 6) is -3.25. The zero-order chi connectivity index (χ0) is 14.4. The summed E-state index contributed by atoms with van der Waals surface area (Å²) in [6.45, 7) is 1.93. The molecular formula is C13H15NO5. The first-order valence-corrected chi connectivity index (χ1v) is 5.78. The minimum Gasteiger partial charge on any atom is -0.481 e. The van der Waals surface area contributed by atoms with Crippen molar-refractivity contribution in [1.82, 2.24) is 5.32 Å². The van der Waals surface area contributed by atoms with Crippen molar-refractivity contribution >= 4 is 17.8 Å². The number of aliphatic carboxylic acids is 2. The molecule has 0 aliphatic carbocycles. The lowest BCUT2D eigenvalue weighted by molar-refractivity contribution is -0.145. The molecule has 0 aliphatic rings. The third-order valence-electron chi connectivity index (χ3n) is 2.58. The van der Waals surface area contributed by atoms with Gasteiger partial charge in [0.25, 0.3) is 5.91 Å². The van der Waals surface area contributed by atoms with Gasteiger partial charge in [-0.3, -0.25) is 9.59 Å². The van der Waals surface area contributed by atoms with Crippen LogP contribution in [0.25, 0.3) is 0 Å². The fourth-order valence-corrected chi connectivity index (χ4v) is 1.55. The van der Waals surface area contributed by atoms with E-state index in [1.54, 1.807) is 18.2 Å². The molecule has 0 saturated heterocycles. The molecule has 1 aromatic rings. The van der Waals surface area contributed by atoms with Crippen molar-refractivity contribution in [2.75, 3.05) is 0 Å². The quantitative estimate of drug-likeness (QED) is 0.709. The fourth-order valence-electron chi connectivity index (χ4n) is 1.55. The van der Waals surface area contributed by atoms with Crippen molar-refractivity contribution < 1.29 is 24.6 Å². The van der Waals surface area contributed by atoms with E-state index in [4.69, 9.17) is 10.2 Å². The molecule has 0 aliphatic heterocycles. The van der Waals surface area contributed by atoms with Gasteiger partial charge in [-0.2, -0.15) is 0 Å². The van der Waals surface area contributed by atoms with Gasteiger partial charge in [-0.05, 0) is 24.1 Å². The number of amides is 1. The smallest absolute Gasteiger partial charge is 0.326 e. The first kappa shape index (κ1) is 14.7.